The Morgan fingerprint density at radius 1 is 0.868 bits per heavy atom. The van der Waals surface area contributed by atoms with E-state index in [2.05, 4.69) is 5.32 Å². The summed E-state index contributed by atoms with van der Waals surface area (Å²) in [6, 6.07) is 17.6. The summed E-state index contributed by atoms with van der Waals surface area (Å²) in [7, 11) is -7.73. The summed E-state index contributed by atoms with van der Waals surface area (Å²) in [5, 5.41) is 2.69. The Hall–Kier alpha value is -3.25. The maximum absolute atomic E-state index is 13.7. The number of anilines is 2. The molecule has 0 spiro atoms. The molecule has 3 aromatic carbocycles. The molecule has 0 atom stereocenters. The van der Waals surface area contributed by atoms with Crippen molar-refractivity contribution in [1.29, 1.82) is 0 Å². The van der Waals surface area contributed by atoms with Crippen molar-refractivity contribution < 1.29 is 26.4 Å². The zero-order chi connectivity index (χ0) is 27.5. The Labute approximate surface area is 224 Å². The van der Waals surface area contributed by atoms with Crippen LogP contribution < -0.4 is 9.62 Å². The lowest BCUT2D eigenvalue weighted by molar-refractivity contribution is -0.114. The molecule has 1 amide bonds. The van der Waals surface area contributed by atoms with Gasteiger partial charge in [-0.3, -0.25) is 9.10 Å². The quantitative estimate of drug-likeness (QED) is 0.454. The van der Waals surface area contributed by atoms with Crippen molar-refractivity contribution in [2.24, 2.45) is 0 Å². The third-order valence-electron chi connectivity index (χ3n) is 6.49. The fraction of sp³-hybridized carbons (Fsp3) is 0.296. The van der Waals surface area contributed by atoms with Gasteiger partial charge >= 0.3 is 0 Å². The number of rotatable bonds is 8. The molecular weight excluding hydrogens is 526 g/mol. The SMILES string of the molecule is Cc1ccc(S(=O)(=O)N(CC(=O)Nc2ccc(S(=O)(=O)N3CCOCC3)cc2)c2cccc(C)c2C)cc1. The fourth-order valence-electron chi connectivity index (χ4n) is 4.12. The van der Waals surface area contributed by atoms with Gasteiger partial charge in [-0.25, -0.2) is 16.8 Å². The minimum Gasteiger partial charge on any atom is -0.379 e. The van der Waals surface area contributed by atoms with Crippen molar-refractivity contribution in [3.8, 4) is 0 Å². The van der Waals surface area contributed by atoms with Gasteiger partial charge in [-0.2, -0.15) is 4.31 Å². The normalized spacial score (nSPS) is 14.7. The van der Waals surface area contributed by atoms with Crippen molar-refractivity contribution in [3.63, 3.8) is 0 Å². The lowest BCUT2D eigenvalue weighted by atomic mass is 10.1. The molecule has 11 heteroatoms. The molecular formula is C27H31N3O6S2. The van der Waals surface area contributed by atoms with Crippen molar-refractivity contribution in [3.05, 3.63) is 83.4 Å². The van der Waals surface area contributed by atoms with Gasteiger partial charge in [0.2, 0.25) is 15.9 Å². The second-order valence-corrected chi connectivity index (χ2v) is 12.9. The molecule has 1 aliphatic rings. The van der Waals surface area contributed by atoms with Crippen LogP contribution in [0.25, 0.3) is 0 Å². The van der Waals surface area contributed by atoms with Crippen LogP contribution in [-0.4, -0.2) is 59.9 Å². The molecule has 202 valence electrons. The number of amides is 1. The first-order valence-corrected chi connectivity index (χ1v) is 15.0. The van der Waals surface area contributed by atoms with E-state index in [1.807, 2.05) is 26.8 Å². The topological polar surface area (TPSA) is 113 Å². The summed E-state index contributed by atoms with van der Waals surface area (Å²) in [6.45, 7) is 6.34. The first kappa shape index (κ1) is 27.8. The lowest BCUT2D eigenvalue weighted by Gasteiger charge is -2.26. The second kappa shape index (κ2) is 11.2. The smallest absolute Gasteiger partial charge is 0.264 e. The Morgan fingerprint density at radius 2 is 1.47 bits per heavy atom. The van der Waals surface area contributed by atoms with Gasteiger partial charge in [0.25, 0.3) is 10.0 Å². The highest BCUT2D eigenvalue weighted by Crippen LogP contribution is 2.29. The van der Waals surface area contributed by atoms with Gasteiger partial charge in [-0.15, -0.1) is 0 Å². The number of benzene rings is 3. The van der Waals surface area contributed by atoms with Crippen molar-refractivity contribution in [2.45, 2.75) is 30.6 Å². The third kappa shape index (κ3) is 5.91. The number of hydrogen-bond donors (Lipinski definition) is 1. The molecule has 1 fully saturated rings. The predicted octanol–water partition coefficient (Wildman–Crippen LogP) is 3.47. The van der Waals surface area contributed by atoms with Gasteiger partial charge in [0, 0.05) is 18.8 Å². The summed E-state index contributed by atoms with van der Waals surface area (Å²) in [6.07, 6.45) is 0. The fourth-order valence-corrected chi connectivity index (χ4v) is 7.01. The summed E-state index contributed by atoms with van der Waals surface area (Å²) in [4.78, 5) is 13.3. The van der Waals surface area contributed by atoms with Crippen LogP contribution in [-0.2, 0) is 29.6 Å². The molecule has 0 aliphatic carbocycles. The third-order valence-corrected chi connectivity index (χ3v) is 10.2. The zero-order valence-corrected chi connectivity index (χ0v) is 23.2. The Morgan fingerprint density at radius 3 is 2.11 bits per heavy atom. The van der Waals surface area contributed by atoms with E-state index in [1.54, 1.807) is 24.3 Å². The highest BCUT2D eigenvalue weighted by Gasteiger charge is 2.29. The summed E-state index contributed by atoms with van der Waals surface area (Å²) in [5.74, 6) is -0.564. The summed E-state index contributed by atoms with van der Waals surface area (Å²) < 4.78 is 60.7. The zero-order valence-electron chi connectivity index (χ0n) is 21.5. The van der Waals surface area contributed by atoms with E-state index in [0.29, 0.717) is 24.6 Å². The molecule has 3 aromatic rings. The molecule has 4 rings (SSSR count). The van der Waals surface area contributed by atoms with Crippen molar-refractivity contribution in [1.82, 2.24) is 4.31 Å². The van der Waals surface area contributed by atoms with E-state index >= 15 is 0 Å². The van der Waals surface area contributed by atoms with Gasteiger partial charge < -0.3 is 10.1 Å². The highest BCUT2D eigenvalue weighted by molar-refractivity contribution is 7.92. The monoisotopic (exact) mass is 557 g/mol. The number of ether oxygens (including phenoxy) is 1. The van der Waals surface area contributed by atoms with Gasteiger partial charge in [0.15, 0.2) is 0 Å². The number of carbonyl (C=O) groups is 1. The van der Waals surface area contributed by atoms with Crippen LogP contribution in [0.1, 0.15) is 16.7 Å². The lowest BCUT2D eigenvalue weighted by Crippen LogP contribution is -2.40. The average molecular weight is 558 g/mol. The predicted molar refractivity (Wildman–Crippen MR) is 146 cm³/mol. The maximum atomic E-state index is 13.7. The van der Waals surface area contributed by atoms with Crippen LogP contribution in [0.3, 0.4) is 0 Å². The number of nitrogens with one attached hydrogen (secondary N) is 1. The van der Waals surface area contributed by atoms with E-state index in [4.69, 9.17) is 4.74 Å². The van der Waals surface area contributed by atoms with E-state index in [-0.39, 0.29) is 22.9 Å². The molecule has 1 N–H and O–H groups in total. The maximum Gasteiger partial charge on any atom is 0.264 e. The number of aryl methyl sites for hydroxylation is 2. The minimum absolute atomic E-state index is 0.0782. The van der Waals surface area contributed by atoms with Crippen LogP contribution in [0.2, 0.25) is 0 Å². The molecule has 0 radical (unpaired) electrons. The summed E-state index contributed by atoms with van der Waals surface area (Å²) in [5.41, 5.74) is 3.31. The Bertz CT molecular complexity index is 1510. The van der Waals surface area contributed by atoms with Crippen LogP contribution in [0.15, 0.2) is 76.5 Å². The van der Waals surface area contributed by atoms with Gasteiger partial charge in [0.1, 0.15) is 6.54 Å². The molecule has 0 bridgehead atoms. The number of morpholine rings is 1. The molecule has 0 aromatic heterocycles. The number of nitrogens with zero attached hydrogens (tertiary/aromatic N) is 2. The van der Waals surface area contributed by atoms with Gasteiger partial charge in [-0.05, 0) is 74.4 Å². The Kier molecular flexibility index (Phi) is 8.22. The molecule has 1 saturated heterocycles. The van der Waals surface area contributed by atoms with E-state index in [0.717, 1.165) is 21.0 Å². The number of carbonyl (C=O) groups excluding carboxylic acids is 1. The van der Waals surface area contributed by atoms with E-state index in [1.165, 1.54) is 40.7 Å². The van der Waals surface area contributed by atoms with Crippen LogP contribution in [0.5, 0.6) is 0 Å². The van der Waals surface area contributed by atoms with Crippen LogP contribution in [0, 0.1) is 20.8 Å². The standard InChI is InChI=1S/C27H31N3O6S2/c1-20-7-11-25(12-8-20)38(34,35)30(26-6-4-5-21(2)22(26)3)19-27(31)28-23-9-13-24(14-10-23)37(32,33)29-15-17-36-18-16-29/h4-14H,15-19H2,1-3H3,(H,28,31). The molecule has 1 heterocycles. The minimum atomic E-state index is -4.06. The molecule has 1 aliphatic heterocycles. The first-order chi connectivity index (χ1) is 18.0. The van der Waals surface area contributed by atoms with E-state index < -0.39 is 32.5 Å². The van der Waals surface area contributed by atoms with Gasteiger partial charge in [-0.1, -0.05) is 29.8 Å². The highest BCUT2D eigenvalue weighted by atomic mass is 32.2. The molecule has 38 heavy (non-hydrogen) atoms. The Balaban J connectivity index is 1.57. The van der Waals surface area contributed by atoms with E-state index in [9.17, 15) is 21.6 Å². The summed E-state index contributed by atoms with van der Waals surface area (Å²) >= 11 is 0. The first-order valence-electron chi connectivity index (χ1n) is 12.1. The second-order valence-electron chi connectivity index (χ2n) is 9.13. The molecule has 9 nitrogen and oxygen atoms in total. The van der Waals surface area contributed by atoms with Gasteiger partial charge in [0.05, 0.1) is 28.7 Å². The van der Waals surface area contributed by atoms with Crippen LogP contribution in [0.4, 0.5) is 11.4 Å². The van der Waals surface area contributed by atoms with Crippen molar-refractivity contribution >= 4 is 37.3 Å². The van der Waals surface area contributed by atoms with Crippen molar-refractivity contribution in [2.75, 3.05) is 42.5 Å². The largest absolute Gasteiger partial charge is 0.379 e. The average Bonchev–Trinajstić information content (AvgIpc) is 2.90. The number of hydrogen-bond acceptors (Lipinski definition) is 6. The molecule has 0 saturated carbocycles. The molecule has 0 unspecified atom stereocenters. The number of sulfonamides is 2. The van der Waals surface area contributed by atoms with Crippen LogP contribution >= 0.6 is 0 Å².